The number of hydrogen-bond acceptors (Lipinski definition) is 4. The number of likely N-dealkylation sites (tertiary alicyclic amines) is 1. The minimum Gasteiger partial charge on any atom is -0.486 e. The summed E-state index contributed by atoms with van der Waals surface area (Å²) in [5, 5.41) is 0. The number of para-hydroxylation sites is 1. The Bertz CT molecular complexity index is 781. The van der Waals surface area contributed by atoms with Crippen LogP contribution in [-0.4, -0.2) is 48.0 Å². The molecule has 0 N–H and O–H groups in total. The average molecular weight is 414 g/mol. The van der Waals surface area contributed by atoms with Crippen molar-refractivity contribution in [3.8, 4) is 5.75 Å². The summed E-state index contributed by atoms with van der Waals surface area (Å²) in [4.78, 5) is 27.3. The zero-order chi connectivity index (χ0) is 21.3. The van der Waals surface area contributed by atoms with E-state index in [0.717, 1.165) is 6.42 Å². The summed E-state index contributed by atoms with van der Waals surface area (Å²) in [6, 6.07) is 7.47. The third kappa shape index (κ3) is 4.41. The van der Waals surface area contributed by atoms with Gasteiger partial charge in [0.1, 0.15) is 18.0 Å². The smallest absolute Gasteiger partial charge is 0.248 e. The summed E-state index contributed by atoms with van der Waals surface area (Å²) >= 11 is 0. The number of piperidine rings is 1. The van der Waals surface area contributed by atoms with Gasteiger partial charge in [-0.05, 0) is 42.7 Å². The number of benzene rings is 1. The standard InChI is InChI=1S/C25H35NO4/c1-17(2)19-9-8-18(3)14-23(19)29-16-24(28)26-12-10-25(11-13-26)15-21(27)20-6-4-5-7-22(20)30-25/h4-7,17-19,23H,8-16H2,1-3H3/t18-,19+,23-/m0/s1. The molecule has 0 unspecified atom stereocenters. The summed E-state index contributed by atoms with van der Waals surface area (Å²) in [5.74, 6) is 2.68. The molecule has 4 rings (SSSR count). The maximum Gasteiger partial charge on any atom is 0.248 e. The van der Waals surface area contributed by atoms with E-state index in [2.05, 4.69) is 20.8 Å². The molecule has 1 aliphatic carbocycles. The van der Waals surface area contributed by atoms with Gasteiger partial charge in [-0.15, -0.1) is 0 Å². The molecule has 0 radical (unpaired) electrons. The molecule has 1 spiro atoms. The van der Waals surface area contributed by atoms with Crippen molar-refractivity contribution in [2.45, 2.75) is 71.0 Å². The molecule has 164 valence electrons. The fraction of sp³-hybridized carbons (Fsp3) is 0.680. The maximum atomic E-state index is 12.8. The topological polar surface area (TPSA) is 55.8 Å². The first kappa shape index (κ1) is 21.4. The van der Waals surface area contributed by atoms with Crippen LogP contribution in [-0.2, 0) is 9.53 Å². The molecule has 0 aromatic heterocycles. The molecule has 5 nitrogen and oxygen atoms in total. The predicted octanol–water partition coefficient (Wildman–Crippen LogP) is 4.49. The molecule has 0 bridgehead atoms. The Labute approximate surface area is 180 Å². The van der Waals surface area contributed by atoms with Crippen molar-refractivity contribution in [2.75, 3.05) is 19.7 Å². The lowest BCUT2D eigenvalue weighted by Gasteiger charge is -2.44. The van der Waals surface area contributed by atoms with Crippen LogP contribution >= 0.6 is 0 Å². The van der Waals surface area contributed by atoms with E-state index < -0.39 is 5.60 Å². The molecule has 1 saturated heterocycles. The van der Waals surface area contributed by atoms with E-state index in [1.165, 1.54) is 12.8 Å². The third-order valence-corrected chi connectivity index (χ3v) is 7.41. The Morgan fingerprint density at radius 1 is 1.23 bits per heavy atom. The number of fused-ring (bicyclic) bond motifs is 1. The molecular formula is C25H35NO4. The van der Waals surface area contributed by atoms with Crippen molar-refractivity contribution in [1.82, 2.24) is 4.90 Å². The van der Waals surface area contributed by atoms with Gasteiger partial charge in [0.15, 0.2) is 5.78 Å². The number of rotatable bonds is 4. The fourth-order valence-corrected chi connectivity index (χ4v) is 5.46. The summed E-state index contributed by atoms with van der Waals surface area (Å²) in [6.45, 7) is 8.19. The zero-order valence-electron chi connectivity index (χ0n) is 18.6. The van der Waals surface area contributed by atoms with Crippen molar-refractivity contribution >= 4 is 11.7 Å². The van der Waals surface area contributed by atoms with Crippen LogP contribution in [0.25, 0.3) is 0 Å². The number of ether oxygens (including phenoxy) is 2. The number of carbonyl (C=O) groups excluding carboxylic acids is 2. The molecule has 5 heteroatoms. The Balaban J connectivity index is 1.31. The van der Waals surface area contributed by atoms with E-state index in [4.69, 9.17) is 9.47 Å². The van der Waals surface area contributed by atoms with Crippen LogP contribution in [0, 0.1) is 17.8 Å². The molecular weight excluding hydrogens is 378 g/mol. The van der Waals surface area contributed by atoms with Crippen molar-refractivity contribution < 1.29 is 19.1 Å². The molecule has 1 aromatic carbocycles. The van der Waals surface area contributed by atoms with E-state index in [-0.39, 0.29) is 24.4 Å². The van der Waals surface area contributed by atoms with E-state index in [1.807, 2.05) is 29.2 Å². The Morgan fingerprint density at radius 3 is 2.70 bits per heavy atom. The molecule has 1 amide bonds. The first-order valence-corrected chi connectivity index (χ1v) is 11.6. The normalized spacial score (nSPS) is 28.3. The molecule has 3 atom stereocenters. The molecule has 1 saturated carbocycles. The largest absolute Gasteiger partial charge is 0.486 e. The lowest BCUT2D eigenvalue weighted by Crippen LogP contribution is -2.53. The van der Waals surface area contributed by atoms with E-state index in [1.54, 1.807) is 0 Å². The Hall–Kier alpha value is -1.88. The minimum atomic E-state index is -0.468. The van der Waals surface area contributed by atoms with Gasteiger partial charge in [-0.3, -0.25) is 9.59 Å². The Kier molecular flexibility index (Phi) is 6.19. The number of ketones is 1. The van der Waals surface area contributed by atoms with E-state index in [9.17, 15) is 9.59 Å². The number of carbonyl (C=O) groups is 2. The highest BCUT2D eigenvalue weighted by Gasteiger charge is 2.43. The lowest BCUT2D eigenvalue weighted by molar-refractivity contribution is -0.145. The average Bonchev–Trinajstić information content (AvgIpc) is 2.72. The van der Waals surface area contributed by atoms with Gasteiger partial charge in [-0.25, -0.2) is 0 Å². The van der Waals surface area contributed by atoms with Gasteiger partial charge in [0.05, 0.1) is 18.1 Å². The van der Waals surface area contributed by atoms with Gasteiger partial charge in [0.2, 0.25) is 5.91 Å². The van der Waals surface area contributed by atoms with Crippen molar-refractivity contribution in [3.05, 3.63) is 29.8 Å². The summed E-state index contributed by atoms with van der Waals surface area (Å²) in [5.41, 5.74) is 0.210. The van der Waals surface area contributed by atoms with E-state index >= 15 is 0 Å². The van der Waals surface area contributed by atoms with Crippen LogP contribution in [0.15, 0.2) is 24.3 Å². The van der Waals surface area contributed by atoms with Crippen LogP contribution in [0.5, 0.6) is 5.75 Å². The summed E-state index contributed by atoms with van der Waals surface area (Å²) < 4.78 is 12.4. The fourth-order valence-electron chi connectivity index (χ4n) is 5.46. The molecule has 30 heavy (non-hydrogen) atoms. The second kappa shape index (κ2) is 8.70. The molecule has 2 fully saturated rings. The predicted molar refractivity (Wildman–Crippen MR) is 116 cm³/mol. The highest BCUT2D eigenvalue weighted by Crippen LogP contribution is 2.39. The van der Waals surface area contributed by atoms with Crippen LogP contribution in [0.3, 0.4) is 0 Å². The van der Waals surface area contributed by atoms with E-state index in [0.29, 0.717) is 61.4 Å². The first-order chi connectivity index (χ1) is 14.4. The highest BCUT2D eigenvalue weighted by atomic mass is 16.5. The number of hydrogen-bond donors (Lipinski definition) is 0. The second-order valence-electron chi connectivity index (χ2n) is 9.94. The van der Waals surface area contributed by atoms with Crippen LogP contribution in [0.2, 0.25) is 0 Å². The number of amides is 1. The van der Waals surface area contributed by atoms with Gasteiger partial charge < -0.3 is 14.4 Å². The molecule has 2 heterocycles. The minimum absolute atomic E-state index is 0.0631. The Morgan fingerprint density at radius 2 is 1.97 bits per heavy atom. The van der Waals surface area contributed by atoms with Gasteiger partial charge in [-0.2, -0.15) is 0 Å². The van der Waals surface area contributed by atoms with Crippen molar-refractivity contribution in [2.24, 2.45) is 17.8 Å². The molecule has 1 aromatic rings. The summed E-state index contributed by atoms with van der Waals surface area (Å²) in [7, 11) is 0. The number of Topliss-reactive ketones (excluding diaryl/α,β-unsaturated/α-hetero) is 1. The molecule has 2 aliphatic heterocycles. The van der Waals surface area contributed by atoms with Crippen molar-refractivity contribution in [3.63, 3.8) is 0 Å². The van der Waals surface area contributed by atoms with Gasteiger partial charge in [0, 0.05) is 25.9 Å². The van der Waals surface area contributed by atoms with Crippen LogP contribution < -0.4 is 4.74 Å². The van der Waals surface area contributed by atoms with Crippen LogP contribution in [0.1, 0.15) is 69.7 Å². The quantitative estimate of drug-likeness (QED) is 0.730. The van der Waals surface area contributed by atoms with Crippen molar-refractivity contribution in [1.29, 1.82) is 0 Å². The number of nitrogens with zero attached hydrogens (tertiary/aromatic N) is 1. The van der Waals surface area contributed by atoms with Gasteiger partial charge in [0.25, 0.3) is 0 Å². The zero-order valence-corrected chi connectivity index (χ0v) is 18.6. The SMILES string of the molecule is CC(C)[C@H]1CC[C@H](C)C[C@@H]1OCC(=O)N1CCC2(CC1)CC(=O)c1ccccc1O2. The van der Waals surface area contributed by atoms with Crippen LogP contribution in [0.4, 0.5) is 0 Å². The second-order valence-corrected chi connectivity index (χ2v) is 9.94. The molecule has 3 aliphatic rings. The maximum absolute atomic E-state index is 12.8. The third-order valence-electron chi connectivity index (χ3n) is 7.41. The lowest BCUT2D eigenvalue weighted by atomic mass is 9.75. The monoisotopic (exact) mass is 413 g/mol. The summed E-state index contributed by atoms with van der Waals surface area (Å²) in [6.07, 6.45) is 5.46. The van der Waals surface area contributed by atoms with Gasteiger partial charge >= 0.3 is 0 Å². The van der Waals surface area contributed by atoms with Gasteiger partial charge in [-0.1, -0.05) is 39.3 Å². The first-order valence-electron chi connectivity index (χ1n) is 11.6. The highest BCUT2D eigenvalue weighted by molar-refractivity contribution is 6.00.